The smallest absolute Gasteiger partial charge is 0.229 e. The number of nitrogens with zero attached hydrogens (tertiary/aromatic N) is 1. The minimum Gasteiger partial charge on any atom is -0.486 e. The topological polar surface area (TPSA) is 67.9 Å². The Morgan fingerprint density at radius 3 is 2.68 bits per heavy atom. The maximum absolute atomic E-state index is 12.4. The highest BCUT2D eigenvalue weighted by molar-refractivity contribution is 5.97. The number of benzene rings is 2. The van der Waals surface area contributed by atoms with Gasteiger partial charge < -0.3 is 19.7 Å². The molecule has 2 aliphatic rings. The first-order valence-corrected chi connectivity index (χ1v) is 9.72. The van der Waals surface area contributed by atoms with Gasteiger partial charge in [-0.15, -0.1) is 0 Å². The lowest BCUT2D eigenvalue weighted by Crippen LogP contribution is -2.37. The highest BCUT2D eigenvalue weighted by Crippen LogP contribution is 2.35. The predicted octanol–water partition coefficient (Wildman–Crippen LogP) is 2.70. The van der Waals surface area contributed by atoms with Crippen molar-refractivity contribution in [2.75, 3.05) is 24.7 Å². The second-order valence-electron chi connectivity index (χ2n) is 7.14. The highest BCUT2D eigenvalue weighted by atomic mass is 16.6. The number of carbonyl (C=O) groups excluding carboxylic acids is 2. The lowest BCUT2D eigenvalue weighted by Gasteiger charge is -2.22. The van der Waals surface area contributed by atoms with Crippen LogP contribution in [0, 0.1) is 0 Å². The Kier molecular flexibility index (Phi) is 5.46. The van der Waals surface area contributed by atoms with E-state index in [1.54, 1.807) is 4.90 Å². The van der Waals surface area contributed by atoms with E-state index in [2.05, 4.69) is 17.4 Å². The number of nitrogens with one attached hydrogen (secondary N) is 1. The van der Waals surface area contributed by atoms with E-state index in [0.29, 0.717) is 44.1 Å². The fourth-order valence-electron chi connectivity index (χ4n) is 3.65. The number of carbonyl (C=O) groups is 2. The quantitative estimate of drug-likeness (QED) is 0.837. The molecule has 0 saturated carbocycles. The normalized spacial score (nSPS) is 18.2. The molecular weight excluding hydrogens is 356 g/mol. The molecule has 6 heteroatoms. The van der Waals surface area contributed by atoms with Crippen molar-refractivity contribution >= 4 is 17.5 Å². The van der Waals surface area contributed by atoms with Crippen LogP contribution in [-0.4, -0.2) is 37.6 Å². The van der Waals surface area contributed by atoms with Gasteiger partial charge in [0.05, 0.1) is 6.04 Å². The predicted molar refractivity (Wildman–Crippen MR) is 106 cm³/mol. The number of amides is 2. The third kappa shape index (κ3) is 4.27. The molecule has 0 spiro atoms. The first-order chi connectivity index (χ1) is 13.7. The summed E-state index contributed by atoms with van der Waals surface area (Å²) in [5, 5.41) is 3.00. The molecule has 1 atom stereocenters. The summed E-state index contributed by atoms with van der Waals surface area (Å²) in [7, 11) is 0. The van der Waals surface area contributed by atoms with E-state index in [4.69, 9.17) is 9.47 Å². The van der Waals surface area contributed by atoms with Gasteiger partial charge in [0.15, 0.2) is 11.5 Å². The van der Waals surface area contributed by atoms with Crippen LogP contribution in [0.2, 0.25) is 0 Å². The molecule has 1 fully saturated rings. The molecule has 6 nitrogen and oxygen atoms in total. The zero-order valence-corrected chi connectivity index (χ0v) is 15.7. The van der Waals surface area contributed by atoms with Crippen LogP contribution in [0.4, 0.5) is 5.69 Å². The Bertz CT molecular complexity index is 853. The van der Waals surface area contributed by atoms with Crippen LogP contribution >= 0.6 is 0 Å². The summed E-state index contributed by atoms with van der Waals surface area (Å²) in [6.07, 6.45) is 2.45. The second kappa shape index (κ2) is 8.33. The standard InChI is InChI=1S/C22H24N2O4/c25-21(8-4-7-16-5-2-1-3-6-16)23-17-13-22(26)24(15-17)18-9-10-19-20(14-18)28-12-11-27-19/h1-3,5-6,9-10,14,17H,4,7-8,11-13,15H2,(H,23,25)/t17-/m0/s1. The van der Waals surface area contributed by atoms with Gasteiger partial charge in [-0.1, -0.05) is 30.3 Å². The van der Waals surface area contributed by atoms with Gasteiger partial charge in [-0.2, -0.15) is 0 Å². The maximum atomic E-state index is 12.4. The van der Waals surface area contributed by atoms with Crippen molar-refractivity contribution in [2.24, 2.45) is 0 Å². The van der Waals surface area contributed by atoms with E-state index in [0.717, 1.165) is 18.5 Å². The molecule has 2 amide bonds. The molecule has 0 radical (unpaired) electrons. The number of ether oxygens (including phenoxy) is 2. The molecule has 2 aromatic rings. The van der Waals surface area contributed by atoms with Crippen molar-refractivity contribution < 1.29 is 19.1 Å². The molecule has 1 saturated heterocycles. The average Bonchev–Trinajstić information content (AvgIpc) is 3.08. The zero-order chi connectivity index (χ0) is 19.3. The van der Waals surface area contributed by atoms with Gasteiger partial charge in [0.1, 0.15) is 13.2 Å². The molecule has 2 heterocycles. The van der Waals surface area contributed by atoms with Crippen molar-refractivity contribution in [2.45, 2.75) is 31.7 Å². The second-order valence-corrected chi connectivity index (χ2v) is 7.14. The number of hydrogen-bond donors (Lipinski definition) is 1. The van der Waals surface area contributed by atoms with E-state index in [1.165, 1.54) is 5.56 Å². The molecule has 146 valence electrons. The summed E-state index contributed by atoms with van der Waals surface area (Å²) < 4.78 is 11.1. The maximum Gasteiger partial charge on any atom is 0.229 e. The molecule has 2 aliphatic heterocycles. The summed E-state index contributed by atoms with van der Waals surface area (Å²) in [6.45, 7) is 1.52. The average molecular weight is 380 g/mol. The third-order valence-electron chi connectivity index (χ3n) is 5.04. The Morgan fingerprint density at radius 1 is 1.07 bits per heavy atom. The molecule has 0 aromatic heterocycles. The van der Waals surface area contributed by atoms with E-state index >= 15 is 0 Å². The van der Waals surface area contributed by atoms with Crippen molar-refractivity contribution in [1.29, 1.82) is 0 Å². The molecular formula is C22H24N2O4. The summed E-state index contributed by atoms with van der Waals surface area (Å²) in [6, 6.07) is 15.5. The summed E-state index contributed by atoms with van der Waals surface area (Å²) in [5.41, 5.74) is 2.01. The monoisotopic (exact) mass is 380 g/mol. The van der Waals surface area contributed by atoms with Crippen LogP contribution in [0.25, 0.3) is 0 Å². The molecule has 0 bridgehead atoms. The van der Waals surface area contributed by atoms with E-state index in [-0.39, 0.29) is 17.9 Å². The van der Waals surface area contributed by atoms with Gasteiger partial charge in [0, 0.05) is 31.1 Å². The molecule has 0 unspecified atom stereocenters. The summed E-state index contributed by atoms with van der Waals surface area (Å²) in [5.74, 6) is 1.36. The van der Waals surface area contributed by atoms with Crippen LogP contribution in [0.1, 0.15) is 24.8 Å². The minimum atomic E-state index is -0.162. The van der Waals surface area contributed by atoms with E-state index in [9.17, 15) is 9.59 Å². The van der Waals surface area contributed by atoms with Crippen LogP contribution in [0.3, 0.4) is 0 Å². The van der Waals surface area contributed by atoms with Gasteiger partial charge in [-0.05, 0) is 30.5 Å². The molecule has 28 heavy (non-hydrogen) atoms. The van der Waals surface area contributed by atoms with Crippen LogP contribution < -0.4 is 19.7 Å². The largest absolute Gasteiger partial charge is 0.486 e. The number of fused-ring (bicyclic) bond motifs is 1. The van der Waals surface area contributed by atoms with Gasteiger partial charge in [0.25, 0.3) is 0 Å². The Hall–Kier alpha value is -3.02. The molecule has 2 aromatic carbocycles. The fourth-order valence-corrected chi connectivity index (χ4v) is 3.65. The van der Waals surface area contributed by atoms with Crippen LogP contribution in [0.15, 0.2) is 48.5 Å². The van der Waals surface area contributed by atoms with Gasteiger partial charge >= 0.3 is 0 Å². The van der Waals surface area contributed by atoms with Crippen molar-refractivity contribution in [3.8, 4) is 11.5 Å². The van der Waals surface area contributed by atoms with Gasteiger partial charge in [-0.25, -0.2) is 0 Å². The minimum absolute atomic E-state index is 0.00208. The van der Waals surface area contributed by atoms with Crippen LogP contribution in [-0.2, 0) is 16.0 Å². The van der Waals surface area contributed by atoms with Crippen molar-refractivity contribution in [1.82, 2.24) is 5.32 Å². The van der Waals surface area contributed by atoms with Gasteiger partial charge in [-0.3, -0.25) is 9.59 Å². The van der Waals surface area contributed by atoms with Crippen LogP contribution in [0.5, 0.6) is 11.5 Å². The lowest BCUT2D eigenvalue weighted by molar-refractivity contribution is -0.121. The Balaban J connectivity index is 1.29. The Morgan fingerprint density at radius 2 is 1.86 bits per heavy atom. The first-order valence-electron chi connectivity index (χ1n) is 9.72. The van der Waals surface area contributed by atoms with Crippen molar-refractivity contribution in [3.63, 3.8) is 0 Å². The highest BCUT2D eigenvalue weighted by Gasteiger charge is 2.32. The summed E-state index contributed by atoms with van der Waals surface area (Å²) >= 11 is 0. The third-order valence-corrected chi connectivity index (χ3v) is 5.04. The first kappa shape index (κ1) is 18.3. The van der Waals surface area contributed by atoms with E-state index in [1.807, 2.05) is 36.4 Å². The number of aryl methyl sites for hydroxylation is 1. The molecule has 1 N–H and O–H groups in total. The zero-order valence-electron chi connectivity index (χ0n) is 15.7. The Labute approximate surface area is 164 Å². The van der Waals surface area contributed by atoms with Gasteiger partial charge in [0.2, 0.25) is 11.8 Å². The van der Waals surface area contributed by atoms with Crippen molar-refractivity contribution in [3.05, 3.63) is 54.1 Å². The number of rotatable bonds is 6. The molecule has 0 aliphatic carbocycles. The summed E-state index contributed by atoms with van der Waals surface area (Å²) in [4.78, 5) is 26.4. The fraction of sp³-hybridized carbons (Fsp3) is 0.364. The lowest BCUT2D eigenvalue weighted by atomic mass is 10.1. The van der Waals surface area contributed by atoms with E-state index < -0.39 is 0 Å². The number of anilines is 1. The number of hydrogen-bond acceptors (Lipinski definition) is 4. The molecule has 4 rings (SSSR count). The SMILES string of the molecule is O=C(CCCc1ccccc1)N[C@H]1CC(=O)N(c2ccc3c(c2)OCCO3)C1.